The fourth-order valence-corrected chi connectivity index (χ4v) is 0.162. The van der Waals surface area contributed by atoms with E-state index in [1.807, 2.05) is 34.6 Å². The highest BCUT2D eigenvalue weighted by Gasteiger charge is 2.13. The van der Waals surface area contributed by atoms with E-state index in [0.29, 0.717) is 12.0 Å². The van der Waals surface area contributed by atoms with Crippen molar-refractivity contribution in [1.29, 1.82) is 0 Å². The van der Waals surface area contributed by atoms with Crippen molar-refractivity contribution >= 4 is 0 Å². The molecular formula is C30H82O5. The summed E-state index contributed by atoms with van der Waals surface area (Å²) >= 11 is 0. The maximum atomic E-state index is 8.59. The van der Waals surface area contributed by atoms with Gasteiger partial charge < -0.3 is 25.5 Å². The molecule has 0 saturated carbocycles. The molecule has 0 radical (unpaired) electrons. The van der Waals surface area contributed by atoms with Gasteiger partial charge in [0.15, 0.2) is 0 Å². The molecule has 0 aromatic carbocycles. The van der Waals surface area contributed by atoms with Gasteiger partial charge in [-0.2, -0.15) is 0 Å². The second kappa shape index (κ2) is 36.0. The van der Waals surface area contributed by atoms with Crippen LogP contribution in [0.1, 0.15) is 148 Å². The lowest BCUT2D eigenvalue weighted by Crippen LogP contribution is -2.20. The van der Waals surface area contributed by atoms with Crippen molar-refractivity contribution in [3.05, 3.63) is 0 Å². The van der Waals surface area contributed by atoms with E-state index in [2.05, 4.69) is 34.6 Å². The molecule has 0 unspecified atom stereocenters. The van der Waals surface area contributed by atoms with E-state index in [0.717, 1.165) is 6.42 Å². The van der Waals surface area contributed by atoms with Gasteiger partial charge in [-0.15, -0.1) is 0 Å². The second-order valence-corrected chi connectivity index (χ2v) is 12.0. The second-order valence-electron chi connectivity index (χ2n) is 12.0. The van der Waals surface area contributed by atoms with Crippen LogP contribution in [0.2, 0.25) is 0 Å². The van der Waals surface area contributed by atoms with Gasteiger partial charge in [-0.1, -0.05) is 128 Å². The van der Waals surface area contributed by atoms with E-state index < -0.39 is 0 Å². The minimum absolute atomic E-state index is 0. The first-order valence-corrected chi connectivity index (χ1v) is 10.7. The van der Waals surface area contributed by atoms with Gasteiger partial charge in [-0.05, 0) is 36.5 Å². The molecule has 0 spiro atoms. The number of aliphatic hydroxyl groups is 5. The third-order valence-electron chi connectivity index (χ3n) is 2.72. The molecule has 0 bridgehead atoms. The van der Waals surface area contributed by atoms with Crippen LogP contribution in [-0.4, -0.2) is 58.1 Å². The molecular weight excluding hydrogens is 440 g/mol. The Bertz CT molecular complexity index is 275. The average molecular weight is 523 g/mol. The average Bonchev–Trinajstić information content (AvgIpc) is 2.53. The maximum absolute atomic E-state index is 8.59. The van der Waals surface area contributed by atoms with Gasteiger partial charge in [0.1, 0.15) is 0 Å². The minimum Gasteiger partial charge on any atom is -0.396 e. The molecule has 0 aliphatic rings. The largest absolute Gasteiger partial charge is 0.396 e. The summed E-state index contributed by atoms with van der Waals surface area (Å²) in [5.74, 6) is 0. The zero-order valence-electron chi connectivity index (χ0n) is 22.3. The topological polar surface area (TPSA) is 101 Å². The zero-order chi connectivity index (χ0) is 25.1. The van der Waals surface area contributed by atoms with Gasteiger partial charge in [0, 0.05) is 24.7 Å². The summed E-state index contributed by atoms with van der Waals surface area (Å²) in [5.41, 5.74) is 0.431. The highest BCUT2D eigenvalue weighted by molar-refractivity contribution is 4.63. The Labute approximate surface area is 227 Å². The fourth-order valence-electron chi connectivity index (χ4n) is 0.162. The van der Waals surface area contributed by atoms with Gasteiger partial charge in [-0.3, -0.25) is 0 Å². The van der Waals surface area contributed by atoms with Crippen LogP contribution >= 0.6 is 0 Å². The van der Waals surface area contributed by atoms with E-state index in [4.69, 9.17) is 25.5 Å². The van der Waals surface area contributed by atoms with Gasteiger partial charge in [0.05, 0.1) is 13.2 Å². The highest BCUT2D eigenvalue weighted by atomic mass is 16.3. The van der Waals surface area contributed by atoms with Crippen LogP contribution in [0, 0.1) is 21.7 Å². The molecule has 0 fully saturated rings. The molecule has 0 rings (SSSR count). The predicted octanol–water partition coefficient (Wildman–Crippen LogP) is 8.69. The summed E-state index contributed by atoms with van der Waals surface area (Å²) in [6.45, 7) is 28.6. The van der Waals surface area contributed by atoms with Crippen LogP contribution in [0.25, 0.3) is 0 Å². The van der Waals surface area contributed by atoms with Crippen LogP contribution < -0.4 is 0 Å². The summed E-state index contributed by atoms with van der Waals surface area (Å²) in [6, 6.07) is 0. The van der Waals surface area contributed by atoms with E-state index in [1.165, 1.54) is 0 Å². The number of rotatable bonds is 4. The lowest BCUT2D eigenvalue weighted by Gasteiger charge is -2.17. The van der Waals surface area contributed by atoms with Gasteiger partial charge >= 0.3 is 0 Å². The van der Waals surface area contributed by atoms with Crippen molar-refractivity contribution in [2.45, 2.75) is 154 Å². The van der Waals surface area contributed by atoms with Crippen LogP contribution in [-0.2, 0) is 0 Å². The third kappa shape index (κ3) is 156. The molecule has 5 heteroatoms. The predicted molar refractivity (Wildman–Crippen MR) is 169 cm³/mol. The van der Waals surface area contributed by atoms with Gasteiger partial charge in [0.25, 0.3) is 0 Å². The fraction of sp³-hybridized carbons (Fsp3) is 1.00. The summed E-state index contributed by atoms with van der Waals surface area (Å²) < 4.78 is 0. The number of aliphatic hydroxyl groups excluding tert-OH is 5. The molecule has 0 aliphatic carbocycles. The molecule has 0 heterocycles. The van der Waals surface area contributed by atoms with E-state index >= 15 is 0 Å². The highest BCUT2D eigenvalue weighted by Crippen LogP contribution is 2.16. The monoisotopic (exact) mass is 523 g/mol. The molecule has 5 N–H and O–H groups in total. The Morgan fingerprint density at radius 3 is 0.629 bits per heavy atom. The Kier molecular flexibility index (Phi) is 72.1. The van der Waals surface area contributed by atoms with Crippen molar-refractivity contribution in [1.82, 2.24) is 0 Å². The van der Waals surface area contributed by atoms with Gasteiger partial charge in [0.2, 0.25) is 0 Å². The van der Waals surface area contributed by atoms with Crippen molar-refractivity contribution in [3.8, 4) is 0 Å². The molecule has 232 valence electrons. The number of hydrogen-bond donors (Lipinski definition) is 5. The molecule has 0 saturated heterocycles. The number of hydrogen-bond acceptors (Lipinski definition) is 5. The molecule has 0 atom stereocenters. The van der Waals surface area contributed by atoms with Crippen LogP contribution in [0.3, 0.4) is 0 Å². The molecule has 0 amide bonds. The lowest BCUT2D eigenvalue weighted by atomic mass is 9.92. The first-order chi connectivity index (χ1) is 12.5. The minimum atomic E-state index is -0.306. The lowest BCUT2D eigenvalue weighted by molar-refractivity contribution is 0.0857. The first-order valence-electron chi connectivity index (χ1n) is 10.7. The quantitative estimate of drug-likeness (QED) is 0.254. The summed E-state index contributed by atoms with van der Waals surface area (Å²) in [4.78, 5) is 0. The first kappa shape index (κ1) is 70.2. The van der Waals surface area contributed by atoms with Crippen molar-refractivity contribution in [2.75, 3.05) is 26.4 Å². The summed E-state index contributed by atoms with van der Waals surface area (Å²) in [6.07, 6.45) is 0.878. The van der Waals surface area contributed by atoms with Crippen LogP contribution in [0.15, 0.2) is 0 Å². The van der Waals surface area contributed by atoms with Crippen LogP contribution in [0.5, 0.6) is 0 Å². The molecule has 35 heavy (non-hydrogen) atoms. The summed E-state index contributed by atoms with van der Waals surface area (Å²) in [5, 5.41) is 41.9. The van der Waals surface area contributed by atoms with Crippen molar-refractivity contribution < 1.29 is 25.5 Å². The van der Waals surface area contributed by atoms with E-state index in [-0.39, 0.29) is 86.7 Å². The Morgan fingerprint density at radius 2 is 0.629 bits per heavy atom. The van der Waals surface area contributed by atoms with Gasteiger partial charge in [-0.25, -0.2) is 0 Å². The van der Waals surface area contributed by atoms with Crippen molar-refractivity contribution in [3.63, 3.8) is 0 Å². The normalized spacial score (nSPS) is 9.60. The maximum Gasteiger partial charge on any atom is 0.0504 e. The molecule has 5 nitrogen and oxygen atoms in total. The van der Waals surface area contributed by atoms with Crippen LogP contribution in [0.4, 0.5) is 0 Å². The van der Waals surface area contributed by atoms with E-state index in [9.17, 15) is 0 Å². The Balaban J connectivity index is -0.0000000222. The standard InChI is InChI=1S/C6H14O.C5H12O2.C5H12O.C5H12.C3H8O.6CH4/c1-4-6(2,3)5-7;1-5(2,3-6)4-7;1-5(2,3)4-6;1-5(2,3)4;1-3(2)4;;;;;;/h7H,4-5H2,1-3H3;6-7H,3-4H2,1-2H3;6H,4H2,1-3H3;1-4H3;3-4H,1-2H3;6*1H4. The molecule has 0 aromatic rings. The Hall–Kier alpha value is -0.200. The zero-order valence-corrected chi connectivity index (χ0v) is 22.3. The molecule has 0 aromatic heterocycles. The Morgan fingerprint density at radius 1 is 0.486 bits per heavy atom. The van der Waals surface area contributed by atoms with Crippen molar-refractivity contribution in [2.24, 2.45) is 21.7 Å². The summed E-state index contributed by atoms with van der Waals surface area (Å²) in [7, 11) is 0. The van der Waals surface area contributed by atoms with E-state index in [1.54, 1.807) is 27.7 Å². The smallest absolute Gasteiger partial charge is 0.0504 e. The molecule has 0 aliphatic heterocycles. The SMILES string of the molecule is C.C.C.C.C.C.CC(C)(C)C.CC(C)(C)CO.CC(C)(CO)CO.CC(C)O.CCC(C)(C)CO. The third-order valence-corrected chi connectivity index (χ3v) is 2.72.